The molecule has 2 saturated heterocycles. The van der Waals surface area contributed by atoms with E-state index in [0.29, 0.717) is 30.7 Å². The fourth-order valence-electron chi connectivity index (χ4n) is 3.69. The zero-order valence-electron chi connectivity index (χ0n) is 12.0. The molecule has 2 atom stereocenters. The SMILES string of the molecule is CCCN(CC(=O)NC1CC1)C1CC2CCC(C1)N2. The molecule has 0 radical (unpaired) electrons. The first-order valence-corrected chi connectivity index (χ1v) is 8.04. The van der Waals surface area contributed by atoms with Gasteiger partial charge in [-0.15, -0.1) is 0 Å². The Hall–Kier alpha value is -0.610. The maximum atomic E-state index is 12.0. The molecule has 4 nitrogen and oxygen atoms in total. The average molecular weight is 265 g/mol. The minimum atomic E-state index is 0.238. The van der Waals surface area contributed by atoms with E-state index in [1.165, 1.54) is 38.5 Å². The quantitative estimate of drug-likeness (QED) is 0.760. The molecule has 3 aliphatic rings. The molecule has 1 amide bonds. The van der Waals surface area contributed by atoms with Crippen molar-refractivity contribution in [1.29, 1.82) is 0 Å². The molecule has 1 saturated carbocycles. The van der Waals surface area contributed by atoms with E-state index < -0.39 is 0 Å². The second-order valence-corrected chi connectivity index (χ2v) is 6.58. The Labute approximate surface area is 116 Å². The molecule has 0 aromatic carbocycles. The summed E-state index contributed by atoms with van der Waals surface area (Å²) in [5.41, 5.74) is 0. The van der Waals surface area contributed by atoms with Crippen LogP contribution in [0.2, 0.25) is 0 Å². The van der Waals surface area contributed by atoms with E-state index in [2.05, 4.69) is 22.5 Å². The first-order valence-electron chi connectivity index (χ1n) is 8.04. The number of amides is 1. The topological polar surface area (TPSA) is 44.4 Å². The molecule has 2 heterocycles. The highest BCUT2D eigenvalue weighted by atomic mass is 16.2. The Balaban J connectivity index is 1.54. The Morgan fingerprint density at radius 1 is 1.21 bits per heavy atom. The molecule has 2 aliphatic heterocycles. The van der Waals surface area contributed by atoms with Crippen molar-refractivity contribution < 1.29 is 4.79 Å². The lowest BCUT2D eigenvalue weighted by atomic mass is 9.98. The van der Waals surface area contributed by atoms with Gasteiger partial charge in [0.15, 0.2) is 0 Å². The van der Waals surface area contributed by atoms with Crippen LogP contribution in [0.5, 0.6) is 0 Å². The van der Waals surface area contributed by atoms with Gasteiger partial charge in [0.1, 0.15) is 0 Å². The van der Waals surface area contributed by atoms with Crippen LogP contribution < -0.4 is 10.6 Å². The van der Waals surface area contributed by atoms with Crippen molar-refractivity contribution in [2.45, 2.75) is 76.0 Å². The summed E-state index contributed by atoms with van der Waals surface area (Å²) in [5.74, 6) is 0.238. The highest BCUT2D eigenvalue weighted by molar-refractivity contribution is 5.78. The van der Waals surface area contributed by atoms with Crippen molar-refractivity contribution in [3.05, 3.63) is 0 Å². The van der Waals surface area contributed by atoms with Crippen LogP contribution in [-0.2, 0) is 4.79 Å². The third-order valence-electron chi connectivity index (χ3n) is 4.76. The number of hydrogen-bond donors (Lipinski definition) is 2. The molecule has 2 unspecified atom stereocenters. The minimum absolute atomic E-state index is 0.238. The largest absolute Gasteiger partial charge is 0.352 e. The third kappa shape index (κ3) is 3.48. The van der Waals surface area contributed by atoms with Gasteiger partial charge in [-0.05, 0) is 51.5 Å². The zero-order valence-corrected chi connectivity index (χ0v) is 12.0. The summed E-state index contributed by atoms with van der Waals surface area (Å²) in [6, 6.07) is 2.51. The van der Waals surface area contributed by atoms with Gasteiger partial charge in [0.05, 0.1) is 6.54 Å². The van der Waals surface area contributed by atoms with Crippen molar-refractivity contribution in [2.75, 3.05) is 13.1 Å². The lowest BCUT2D eigenvalue weighted by Crippen LogP contribution is -2.51. The summed E-state index contributed by atoms with van der Waals surface area (Å²) < 4.78 is 0. The monoisotopic (exact) mass is 265 g/mol. The average Bonchev–Trinajstić information content (AvgIpc) is 3.13. The van der Waals surface area contributed by atoms with Crippen LogP contribution in [-0.4, -0.2) is 48.1 Å². The number of rotatable bonds is 6. The van der Waals surface area contributed by atoms with Crippen LogP contribution >= 0.6 is 0 Å². The first kappa shape index (κ1) is 13.4. The number of carbonyl (C=O) groups is 1. The van der Waals surface area contributed by atoms with Crippen LogP contribution in [0.4, 0.5) is 0 Å². The van der Waals surface area contributed by atoms with Gasteiger partial charge in [-0.3, -0.25) is 9.69 Å². The number of fused-ring (bicyclic) bond motifs is 2. The van der Waals surface area contributed by atoms with E-state index in [9.17, 15) is 4.79 Å². The molecule has 0 aromatic heterocycles. The Bertz CT molecular complexity index is 317. The molecule has 2 N–H and O–H groups in total. The number of hydrogen-bond acceptors (Lipinski definition) is 3. The Morgan fingerprint density at radius 3 is 2.47 bits per heavy atom. The molecular weight excluding hydrogens is 238 g/mol. The molecule has 3 rings (SSSR count). The molecule has 108 valence electrons. The molecule has 0 aromatic rings. The molecule has 3 fully saturated rings. The zero-order chi connectivity index (χ0) is 13.2. The van der Waals surface area contributed by atoms with E-state index >= 15 is 0 Å². The van der Waals surface area contributed by atoms with E-state index in [1.54, 1.807) is 0 Å². The number of piperidine rings is 1. The maximum Gasteiger partial charge on any atom is 0.234 e. The fourth-order valence-corrected chi connectivity index (χ4v) is 3.69. The highest BCUT2D eigenvalue weighted by Gasteiger charge is 2.36. The van der Waals surface area contributed by atoms with Crippen LogP contribution in [0.1, 0.15) is 51.9 Å². The van der Waals surface area contributed by atoms with E-state index in [-0.39, 0.29) is 5.91 Å². The summed E-state index contributed by atoms with van der Waals surface area (Å²) in [6.07, 6.45) is 8.61. The molecule has 1 aliphatic carbocycles. The number of nitrogens with one attached hydrogen (secondary N) is 2. The molecule has 19 heavy (non-hydrogen) atoms. The smallest absolute Gasteiger partial charge is 0.234 e. The highest BCUT2D eigenvalue weighted by Crippen LogP contribution is 2.29. The summed E-state index contributed by atoms with van der Waals surface area (Å²) in [6.45, 7) is 3.87. The van der Waals surface area contributed by atoms with Gasteiger partial charge in [0.25, 0.3) is 0 Å². The van der Waals surface area contributed by atoms with Crippen molar-refractivity contribution in [3.63, 3.8) is 0 Å². The van der Waals surface area contributed by atoms with Gasteiger partial charge in [0, 0.05) is 24.2 Å². The van der Waals surface area contributed by atoms with Gasteiger partial charge in [-0.2, -0.15) is 0 Å². The predicted molar refractivity (Wildman–Crippen MR) is 76.0 cm³/mol. The normalized spacial score (nSPS) is 33.7. The van der Waals surface area contributed by atoms with Gasteiger partial charge in [0.2, 0.25) is 5.91 Å². The lowest BCUT2D eigenvalue weighted by molar-refractivity contribution is -0.123. The van der Waals surface area contributed by atoms with Gasteiger partial charge in [-0.1, -0.05) is 6.92 Å². The van der Waals surface area contributed by atoms with E-state index in [4.69, 9.17) is 0 Å². The van der Waals surface area contributed by atoms with Gasteiger partial charge < -0.3 is 10.6 Å². The van der Waals surface area contributed by atoms with E-state index in [0.717, 1.165) is 13.0 Å². The summed E-state index contributed by atoms with van der Waals surface area (Å²) in [7, 11) is 0. The molecule has 0 spiro atoms. The first-order chi connectivity index (χ1) is 9.24. The van der Waals surface area contributed by atoms with Crippen molar-refractivity contribution >= 4 is 5.91 Å². The van der Waals surface area contributed by atoms with Crippen LogP contribution in [0.15, 0.2) is 0 Å². The molecule has 2 bridgehead atoms. The summed E-state index contributed by atoms with van der Waals surface area (Å²) >= 11 is 0. The summed E-state index contributed by atoms with van der Waals surface area (Å²) in [4.78, 5) is 14.5. The second kappa shape index (κ2) is 5.80. The van der Waals surface area contributed by atoms with Crippen LogP contribution in [0.25, 0.3) is 0 Å². The standard InChI is InChI=1S/C15H27N3O/c1-2-7-18(10-15(19)17-11-3-4-11)14-8-12-5-6-13(9-14)16-12/h11-14,16H,2-10H2,1H3,(H,17,19). The number of nitrogens with zero attached hydrogens (tertiary/aromatic N) is 1. The lowest BCUT2D eigenvalue weighted by Gasteiger charge is -2.37. The van der Waals surface area contributed by atoms with Crippen LogP contribution in [0.3, 0.4) is 0 Å². The molecule has 4 heteroatoms. The van der Waals surface area contributed by atoms with Gasteiger partial charge in [-0.25, -0.2) is 0 Å². The third-order valence-corrected chi connectivity index (χ3v) is 4.76. The van der Waals surface area contributed by atoms with Gasteiger partial charge >= 0.3 is 0 Å². The maximum absolute atomic E-state index is 12.0. The minimum Gasteiger partial charge on any atom is -0.352 e. The Morgan fingerprint density at radius 2 is 1.89 bits per heavy atom. The predicted octanol–water partition coefficient (Wildman–Crippen LogP) is 1.26. The van der Waals surface area contributed by atoms with Crippen molar-refractivity contribution in [1.82, 2.24) is 15.5 Å². The summed E-state index contributed by atoms with van der Waals surface area (Å²) in [5, 5.41) is 6.81. The molecular formula is C15H27N3O. The fraction of sp³-hybridized carbons (Fsp3) is 0.933. The Kier molecular flexibility index (Phi) is 4.08. The number of carbonyl (C=O) groups excluding carboxylic acids is 1. The second-order valence-electron chi connectivity index (χ2n) is 6.58. The van der Waals surface area contributed by atoms with E-state index in [1.807, 2.05) is 0 Å². The van der Waals surface area contributed by atoms with Crippen LogP contribution in [0, 0.1) is 0 Å². The van der Waals surface area contributed by atoms with Crippen molar-refractivity contribution in [3.8, 4) is 0 Å². The van der Waals surface area contributed by atoms with Crippen molar-refractivity contribution in [2.24, 2.45) is 0 Å².